The van der Waals surface area contributed by atoms with Gasteiger partial charge >= 0.3 is 5.97 Å². The van der Waals surface area contributed by atoms with Gasteiger partial charge in [0.2, 0.25) is 0 Å². The molecule has 0 bridgehead atoms. The number of nitriles is 1. The molecule has 0 unspecified atom stereocenters. The second kappa shape index (κ2) is 18.8. The van der Waals surface area contributed by atoms with E-state index in [0.717, 1.165) is 33.2 Å². The van der Waals surface area contributed by atoms with Crippen molar-refractivity contribution >= 4 is 23.4 Å². The minimum atomic E-state index is -0.862. The maximum atomic E-state index is 10.8. The third-order valence-electron chi connectivity index (χ3n) is 6.09. The van der Waals surface area contributed by atoms with Gasteiger partial charge in [0, 0.05) is 11.8 Å². The normalized spacial score (nSPS) is 11.1. The first-order valence-corrected chi connectivity index (χ1v) is 14.8. The van der Waals surface area contributed by atoms with Gasteiger partial charge in [0.05, 0.1) is 22.9 Å². The molecule has 0 fully saturated rings. The molecule has 6 nitrogen and oxygen atoms in total. The van der Waals surface area contributed by atoms with Gasteiger partial charge in [-0.15, -0.1) is 11.8 Å². The summed E-state index contributed by atoms with van der Waals surface area (Å²) in [4.78, 5) is 15.5. The molecule has 0 aliphatic carbocycles. The average molecular weight is 581 g/mol. The van der Waals surface area contributed by atoms with E-state index in [2.05, 4.69) is 19.9 Å². The molecule has 0 aliphatic heterocycles. The van der Waals surface area contributed by atoms with E-state index >= 15 is 0 Å². The van der Waals surface area contributed by atoms with Crippen molar-refractivity contribution in [2.75, 3.05) is 19.5 Å². The van der Waals surface area contributed by atoms with Crippen LogP contribution in [0.2, 0.25) is 0 Å². The van der Waals surface area contributed by atoms with Gasteiger partial charge in [-0.25, -0.2) is 4.99 Å². The monoisotopic (exact) mass is 580 g/mol. The Morgan fingerprint density at radius 1 is 1.12 bits per heavy atom. The largest absolute Gasteiger partial charge is 0.492 e. The van der Waals surface area contributed by atoms with Crippen molar-refractivity contribution in [1.29, 1.82) is 5.26 Å². The lowest BCUT2D eigenvalue weighted by atomic mass is 9.77. The number of hydrogen-bond acceptors (Lipinski definition) is 6. The number of ether oxygens (including phenoxy) is 2. The van der Waals surface area contributed by atoms with E-state index < -0.39 is 5.97 Å². The molecule has 1 N–H and O–H groups in total. The highest BCUT2D eigenvalue weighted by Crippen LogP contribution is 2.36. The van der Waals surface area contributed by atoms with Crippen LogP contribution in [0.4, 0.5) is 0 Å². The summed E-state index contributed by atoms with van der Waals surface area (Å²) in [6.07, 6.45) is 6.36. The number of carbonyl (C=O) groups is 1. The third kappa shape index (κ3) is 11.5. The van der Waals surface area contributed by atoms with E-state index in [0.29, 0.717) is 24.3 Å². The molecule has 0 saturated carbocycles. The predicted molar refractivity (Wildman–Crippen MR) is 175 cm³/mol. The van der Waals surface area contributed by atoms with Crippen LogP contribution in [0.5, 0.6) is 11.5 Å². The molecule has 2 aromatic rings. The lowest BCUT2D eigenvalue weighted by Crippen LogP contribution is -2.20. The number of benzene rings is 2. The van der Waals surface area contributed by atoms with Crippen molar-refractivity contribution in [1.82, 2.24) is 0 Å². The van der Waals surface area contributed by atoms with Crippen LogP contribution in [0.15, 0.2) is 64.1 Å². The number of aliphatic imine (C=N–C) groups is 1. The Bertz CT molecular complexity index is 1250. The summed E-state index contributed by atoms with van der Waals surface area (Å²) in [5, 5.41) is 19.6. The highest BCUT2D eigenvalue weighted by atomic mass is 32.2. The Hall–Kier alpha value is -3.50. The van der Waals surface area contributed by atoms with Crippen molar-refractivity contribution in [3.05, 3.63) is 81.4 Å². The molecule has 0 atom stereocenters. The highest BCUT2D eigenvalue weighted by molar-refractivity contribution is 8.02. The smallest absolute Gasteiger partial charge is 0.303 e. The molecular formula is C34H48N2O4S. The van der Waals surface area contributed by atoms with E-state index in [4.69, 9.17) is 19.6 Å². The second-order valence-corrected chi connectivity index (χ2v) is 10.5. The predicted octanol–water partition coefficient (Wildman–Crippen LogP) is 9.11. The zero-order valence-corrected chi connectivity index (χ0v) is 26.2. The first-order valence-electron chi connectivity index (χ1n) is 13.6. The van der Waals surface area contributed by atoms with Gasteiger partial charge in [0.25, 0.3) is 0 Å². The van der Waals surface area contributed by atoms with Crippen LogP contribution in [0.1, 0.15) is 91.0 Å². The highest BCUT2D eigenvalue weighted by Gasteiger charge is 2.25. The average Bonchev–Trinajstić information content (AvgIpc) is 2.93. The molecule has 0 radical (unpaired) electrons. The fourth-order valence-corrected chi connectivity index (χ4v) is 4.52. The molecule has 0 saturated heterocycles. The number of nitrogens with zero attached hydrogens (tertiary/aromatic N) is 2. The molecule has 0 heterocycles. The van der Waals surface area contributed by atoms with Gasteiger partial charge in [-0.2, -0.15) is 5.26 Å². The number of rotatable bonds is 13. The third-order valence-corrected chi connectivity index (χ3v) is 6.97. The minimum absolute atomic E-state index is 0. The Kier molecular flexibility index (Phi) is 17.2. The van der Waals surface area contributed by atoms with E-state index in [1.165, 1.54) is 5.57 Å². The summed E-state index contributed by atoms with van der Waals surface area (Å²) in [5.41, 5.74) is 5.02. The van der Waals surface area contributed by atoms with E-state index in [1.54, 1.807) is 11.8 Å². The topological polar surface area (TPSA) is 91.9 Å². The Labute approximate surface area is 252 Å². The number of aryl methyl sites for hydroxylation is 1. The number of hydrogen-bond donors (Lipinski definition) is 1. The molecule has 0 aliphatic rings. The van der Waals surface area contributed by atoms with Crippen LogP contribution < -0.4 is 9.47 Å². The van der Waals surface area contributed by atoms with Crippen LogP contribution in [0, 0.1) is 18.3 Å². The minimum Gasteiger partial charge on any atom is -0.492 e. The SMILES string of the molecule is C.C/C=C\C(COc1ccc(C(C)(C)c2cc(C)c(OCCCC(=O)O)c(C#N)c2)cc1)=N/C(SC)=C(C)C.CC. The van der Waals surface area contributed by atoms with Gasteiger partial charge < -0.3 is 14.6 Å². The summed E-state index contributed by atoms with van der Waals surface area (Å²) in [7, 11) is 0. The van der Waals surface area contributed by atoms with Crippen molar-refractivity contribution in [3.63, 3.8) is 0 Å². The molecule has 0 amide bonds. The molecule has 2 rings (SSSR count). The van der Waals surface area contributed by atoms with Crippen molar-refractivity contribution < 1.29 is 19.4 Å². The lowest BCUT2D eigenvalue weighted by Gasteiger charge is -2.27. The molecule has 0 aromatic heterocycles. The number of aliphatic carboxylic acids is 1. The summed E-state index contributed by atoms with van der Waals surface area (Å²) in [6.45, 7) is 16.8. The fourth-order valence-electron chi connectivity index (χ4n) is 3.90. The van der Waals surface area contributed by atoms with Gasteiger partial charge in [0.1, 0.15) is 24.2 Å². The summed E-state index contributed by atoms with van der Waals surface area (Å²) < 4.78 is 11.8. The molecular weight excluding hydrogens is 532 g/mol. The van der Waals surface area contributed by atoms with E-state index in [1.807, 2.05) is 96.3 Å². The Morgan fingerprint density at radius 3 is 2.27 bits per heavy atom. The lowest BCUT2D eigenvalue weighted by molar-refractivity contribution is -0.137. The molecule has 224 valence electrons. The van der Waals surface area contributed by atoms with Crippen LogP contribution in [-0.4, -0.2) is 36.3 Å². The second-order valence-electron chi connectivity index (χ2n) is 9.68. The van der Waals surface area contributed by atoms with Crippen LogP contribution in [0.25, 0.3) is 0 Å². The van der Waals surface area contributed by atoms with Gasteiger partial charge in [-0.3, -0.25) is 4.79 Å². The van der Waals surface area contributed by atoms with Gasteiger partial charge in [-0.1, -0.05) is 59.4 Å². The van der Waals surface area contributed by atoms with Crippen LogP contribution in [0.3, 0.4) is 0 Å². The quantitative estimate of drug-likeness (QED) is 0.188. The maximum absolute atomic E-state index is 10.8. The molecule has 2 aromatic carbocycles. The summed E-state index contributed by atoms with van der Waals surface area (Å²) >= 11 is 1.62. The number of carboxylic acid groups (broad SMARTS) is 1. The molecule has 0 spiro atoms. The summed E-state index contributed by atoms with van der Waals surface area (Å²) in [5.74, 6) is 0.403. The zero-order valence-electron chi connectivity index (χ0n) is 25.4. The number of thioether (sulfide) groups is 1. The maximum Gasteiger partial charge on any atom is 0.303 e. The van der Waals surface area contributed by atoms with Crippen LogP contribution in [-0.2, 0) is 10.2 Å². The van der Waals surface area contributed by atoms with Gasteiger partial charge in [-0.05, 0) is 86.9 Å². The first-order chi connectivity index (χ1) is 19.0. The Balaban J connectivity index is 0.00000521. The van der Waals surface area contributed by atoms with Crippen molar-refractivity contribution in [2.24, 2.45) is 4.99 Å². The Morgan fingerprint density at radius 2 is 1.76 bits per heavy atom. The number of allylic oxidation sites excluding steroid dienone is 2. The van der Waals surface area contributed by atoms with E-state index in [-0.39, 0.29) is 25.9 Å². The fraction of sp³-hybridized carbons (Fsp3) is 0.441. The van der Waals surface area contributed by atoms with Crippen molar-refractivity contribution in [3.8, 4) is 17.6 Å². The zero-order chi connectivity index (χ0) is 30.3. The van der Waals surface area contributed by atoms with Crippen LogP contribution >= 0.6 is 11.8 Å². The standard InChI is InChI=1S/C31H38N2O4S.C2H6.CH4/c1-8-10-26(33-30(38-7)21(2)3)20-37-27-14-12-24(13-15-27)31(5,6)25-17-22(4)29(23(18-25)19-32)36-16-9-11-28(34)35;1-2;/h8,10,12-15,17-18H,9,11,16,20H2,1-7H3,(H,34,35);1-2H3;1H4/b10-8-,33-26+;;. The first kappa shape index (κ1) is 37.5. The molecule has 7 heteroatoms. The number of carboxylic acids is 1. The molecule has 41 heavy (non-hydrogen) atoms. The van der Waals surface area contributed by atoms with Crippen molar-refractivity contribution in [2.45, 2.75) is 81.1 Å². The van der Waals surface area contributed by atoms with Gasteiger partial charge in [0.15, 0.2) is 0 Å². The summed E-state index contributed by atoms with van der Waals surface area (Å²) in [6, 6.07) is 14.1. The van der Waals surface area contributed by atoms with E-state index in [9.17, 15) is 10.1 Å².